The molecular weight excluding hydrogens is 150 g/mol. The molecule has 0 saturated heterocycles. The Morgan fingerprint density at radius 3 is 3.30 bits per heavy atom. The van der Waals surface area contributed by atoms with Crippen LogP contribution in [0.1, 0.15) is 5.56 Å². The predicted molar refractivity (Wildman–Crippen MR) is 38.4 cm³/mol. The summed E-state index contributed by atoms with van der Waals surface area (Å²) in [6.45, 7) is 0.739. The first kappa shape index (κ1) is 5.98. The van der Waals surface area contributed by atoms with Crippen molar-refractivity contribution in [3.05, 3.63) is 22.8 Å². The predicted octanol–water partition coefficient (Wildman–Crippen LogP) is 1.67. The normalized spacial score (nSPS) is 14.5. The van der Waals surface area contributed by atoms with E-state index in [1.54, 1.807) is 6.07 Å². The first-order valence-electron chi connectivity index (χ1n) is 3.14. The van der Waals surface area contributed by atoms with E-state index >= 15 is 0 Å². The molecule has 3 heteroatoms. The smallest absolute Gasteiger partial charge is 0.218 e. The number of ether oxygens (including phenoxy) is 1. The van der Waals surface area contributed by atoms with Crippen molar-refractivity contribution in [2.45, 2.75) is 6.42 Å². The number of aromatic nitrogens is 1. The molecule has 0 aliphatic carbocycles. The van der Waals surface area contributed by atoms with Gasteiger partial charge in [0.1, 0.15) is 5.15 Å². The summed E-state index contributed by atoms with van der Waals surface area (Å²) in [5.41, 5.74) is 1.16. The second-order valence-electron chi connectivity index (χ2n) is 2.20. The highest BCUT2D eigenvalue weighted by Crippen LogP contribution is 2.23. The Kier molecular flexibility index (Phi) is 1.27. The van der Waals surface area contributed by atoms with Crippen LogP contribution in [-0.4, -0.2) is 11.6 Å². The molecule has 1 aromatic heterocycles. The van der Waals surface area contributed by atoms with Crippen LogP contribution in [0.5, 0.6) is 5.88 Å². The minimum absolute atomic E-state index is 0.501. The largest absolute Gasteiger partial charge is 0.477 e. The molecule has 0 fully saturated rings. The lowest BCUT2D eigenvalue weighted by Crippen LogP contribution is -1.87. The van der Waals surface area contributed by atoms with Crippen LogP contribution in [0.4, 0.5) is 0 Å². The maximum Gasteiger partial charge on any atom is 0.218 e. The van der Waals surface area contributed by atoms with E-state index < -0.39 is 0 Å². The molecular formula is C7H6ClNO. The standard InChI is InChI=1S/C7H6ClNO/c8-6-2-1-5-3-4-10-7(5)9-6/h1-2H,3-4H2. The van der Waals surface area contributed by atoms with E-state index in [2.05, 4.69) is 4.98 Å². The van der Waals surface area contributed by atoms with Crippen LogP contribution >= 0.6 is 11.6 Å². The highest BCUT2D eigenvalue weighted by atomic mass is 35.5. The van der Waals surface area contributed by atoms with Crippen LogP contribution in [0, 0.1) is 0 Å². The number of pyridine rings is 1. The molecule has 0 amide bonds. The third-order valence-corrected chi connectivity index (χ3v) is 1.73. The number of hydrogen-bond acceptors (Lipinski definition) is 2. The molecule has 1 aliphatic heterocycles. The molecule has 0 N–H and O–H groups in total. The maximum atomic E-state index is 5.63. The summed E-state index contributed by atoms with van der Waals surface area (Å²) in [5, 5.41) is 0.501. The third kappa shape index (κ3) is 0.847. The van der Waals surface area contributed by atoms with E-state index in [4.69, 9.17) is 16.3 Å². The molecule has 0 aromatic carbocycles. The van der Waals surface area contributed by atoms with E-state index in [0.29, 0.717) is 11.0 Å². The van der Waals surface area contributed by atoms with Crippen LogP contribution in [0.2, 0.25) is 5.15 Å². The lowest BCUT2D eigenvalue weighted by molar-refractivity contribution is 0.345. The van der Waals surface area contributed by atoms with Gasteiger partial charge in [0.15, 0.2) is 0 Å². The van der Waals surface area contributed by atoms with Crippen LogP contribution in [0.3, 0.4) is 0 Å². The first-order chi connectivity index (χ1) is 4.86. The molecule has 2 rings (SSSR count). The third-order valence-electron chi connectivity index (χ3n) is 1.52. The number of rotatable bonds is 0. The number of fused-ring (bicyclic) bond motifs is 1. The van der Waals surface area contributed by atoms with E-state index in [1.807, 2.05) is 6.07 Å². The van der Waals surface area contributed by atoms with Crippen molar-refractivity contribution in [3.63, 3.8) is 0 Å². The average Bonchev–Trinajstić information content (AvgIpc) is 2.33. The first-order valence-corrected chi connectivity index (χ1v) is 3.52. The Bertz CT molecular complexity index is 262. The minimum atomic E-state index is 0.501. The Morgan fingerprint density at radius 2 is 2.40 bits per heavy atom. The molecule has 1 aromatic rings. The summed E-state index contributed by atoms with van der Waals surface area (Å²) in [6, 6.07) is 3.74. The molecule has 0 unspecified atom stereocenters. The van der Waals surface area contributed by atoms with Gasteiger partial charge in [0.2, 0.25) is 5.88 Å². The van der Waals surface area contributed by atoms with Crippen LogP contribution in [0.15, 0.2) is 12.1 Å². The SMILES string of the molecule is Clc1ccc2c(n1)OCC2. The molecule has 52 valence electrons. The van der Waals surface area contributed by atoms with Gasteiger partial charge in [0.05, 0.1) is 6.61 Å². The lowest BCUT2D eigenvalue weighted by Gasteiger charge is -1.95. The average molecular weight is 156 g/mol. The van der Waals surface area contributed by atoms with Gasteiger partial charge in [-0.15, -0.1) is 0 Å². The van der Waals surface area contributed by atoms with Crippen molar-refractivity contribution in [3.8, 4) is 5.88 Å². The molecule has 1 aliphatic rings. The number of hydrogen-bond donors (Lipinski definition) is 0. The van der Waals surface area contributed by atoms with Crippen molar-refractivity contribution >= 4 is 11.6 Å². The van der Waals surface area contributed by atoms with Crippen LogP contribution in [0.25, 0.3) is 0 Å². The topological polar surface area (TPSA) is 22.1 Å². The zero-order valence-electron chi connectivity index (χ0n) is 5.30. The fraction of sp³-hybridized carbons (Fsp3) is 0.286. The Labute approximate surface area is 63.8 Å². The highest BCUT2D eigenvalue weighted by molar-refractivity contribution is 6.29. The summed E-state index contributed by atoms with van der Waals surface area (Å²) in [5.74, 6) is 0.701. The molecule has 0 radical (unpaired) electrons. The Balaban J connectivity index is 2.52. The fourth-order valence-electron chi connectivity index (χ4n) is 1.02. The number of halogens is 1. The minimum Gasteiger partial charge on any atom is -0.477 e. The van der Waals surface area contributed by atoms with Crippen molar-refractivity contribution in [1.82, 2.24) is 4.98 Å². The molecule has 0 atom stereocenters. The Morgan fingerprint density at radius 1 is 1.50 bits per heavy atom. The van der Waals surface area contributed by atoms with Gasteiger partial charge in [0.25, 0.3) is 0 Å². The molecule has 0 saturated carbocycles. The van der Waals surface area contributed by atoms with Gasteiger partial charge in [0, 0.05) is 12.0 Å². The number of nitrogens with zero attached hydrogens (tertiary/aromatic N) is 1. The van der Waals surface area contributed by atoms with Gasteiger partial charge >= 0.3 is 0 Å². The van der Waals surface area contributed by atoms with E-state index in [-0.39, 0.29) is 0 Å². The van der Waals surface area contributed by atoms with Crippen molar-refractivity contribution < 1.29 is 4.74 Å². The highest BCUT2D eigenvalue weighted by Gasteiger charge is 2.12. The van der Waals surface area contributed by atoms with Crippen molar-refractivity contribution in [2.24, 2.45) is 0 Å². The Hall–Kier alpha value is -0.760. The lowest BCUT2D eigenvalue weighted by atomic mass is 10.2. The van der Waals surface area contributed by atoms with Crippen LogP contribution in [-0.2, 0) is 6.42 Å². The van der Waals surface area contributed by atoms with Gasteiger partial charge in [-0.3, -0.25) is 0 Å². The monoisotopic (exact) mass is 155 g/mol. The second kappa shape index (κ2) is 2.13. The zero-order valence-corrected chi connectivity index (χ0v) is 6.06. The van der Waals surface area contributed by atoms with Gasteiger partial charge in [-0.2, -0.15) is 0 Å². The summed E-state index contributed by atoms with van der Waals surface area (Å²) in [7, 11) is 0. The molecule has 2 nitrogen and oxygen atoms in total. The van der Waals surface area contributed by atoms with Gasteiger partial charge in [-0.25, -0.2) is 4.98 Å². The fourth-order valence-corrected chi connectivity index (χ4v) is 1.16. The second-order valence-corrected chi connectivity index (χ2v) is 2.58. The maximum absolute atomic E-state index is 5.63. The zero-order chi connectivity index (χ0) is 6.97. The van der Waals surface area contributed by atoms with Crippen LogP contribution < -0.4 is 4.74 Å². The van der Waals surface area contributed by atoms with Gasteiger partial charge in [-0.1, -0.05) is 17.7 Å². The van der Waals surface area contributed by atoms with Crippen molar-refractivity contribution in [2.75, 3.05) is 6.61 Å². The van der Waals surface area contributed by atoms with Gasteiger partial charge < -0.3 is 4.74 Å². The molecule has 10 heavy (non-hydrogen) atoms. The summed E-state index contributed by atoms with van der Waals surface area (Å²) in [6.07, 6.45) is 0.958. The molecule has 0 spiro atoms. The summed E-state index contributed by atoms with van der Waals surface area (Å²) >= 11 is 5.63. The summed E-state index contributed by atoms with van der Waals surface area (Å²) in [4.78, 5) is 4.00. The van der Waals surface area contributed by atoms with Crippen molar-refractivity contribution in [1.29, 1.82) is 0 Å². The quantitative estimate of drug-likeness (QED) is 0.532. The van der Waals surface area contributed by atoms with E-state index in [1.165, 1.54) is 0 Å². The van der Waals surface area contributed by atoms with Gasteiger partial charge in [-0.05, 0) is 6.07 Å². The van der Waals surface area contributed by atoms with E-state index in [9.17, 15) is 0 Å². The summed E-state index contributed by atoms with van der Waals surface area (Å²) < 4.78 is 5.18. The molecule has 2 heterocycles. The van der Waals surface area contributed by atoms with E-state index in [0.717, 1.165) is 18.6 Å². The molecule has 0 bridgehead atoms.